The fourth-order valence-electron chi connectivity index (χ4n) is 3.94. The lowest BCUT2D eigenvalue weighted by Crippen LogP contribution is -2.25. The van der Waals surface area contributed by atoms with E-state index in [1.54, 1.807) is 0 Å². The Kier molecular flexibility index (Phi) is 13.9. The number of aliphatic hydroxyl groups is 1. The first-order chi connectivity index (χ1) is 21.2. The van der Waals surface area contributed by atoms with Crippen molar-refractivity contribution < 1.29 is 27.9 Å². The van der Waals surface area contributed by atoms with Crippen molar-refractivity contribution in [3.63, 3.8) is 0 Å². The fourth-order valence-corrected chi connectivity index (χ4v) is 4.16. The lowest BCUT2D eigenvalue weighted by Gasteiger charge is -2.16. The molecule has 0 bridgehead atoms. The van der Waals surface area contributed by atoms with E-state index in [9.17, 15) is 22.8 Å². The number of hydrogen-bond acceptors (Lipinski definition) is 10. The zero-order valence-corrected chi connectivity index (χ0v) is 25.9. The van der Waals surface area contributed by atoms with E-state index < -0.39 is 22.9 Å². The third-order valence-corrected chi connectivity index (χ3v) is 6.67. The average Bonchev–Trinajstić information content (AvgIpc) is 3.41. The highest BCUT2D eigenvalue weighted by Gasteiger charge is 2.33. The second kappa shape index (κ2) is 17.1. The predicted molar refractivity (Wildman–Crippen MR) is 170 cm³/mol. The van der Waals surface area contributed by atoms with E-state index in [1.807, 2.05) is 32.2 Å². The molecule has 1 aromatic heterocycles. The number of aliphatic hydroxyl groups excluding tert-OH is 1. The van der Waals surface area contributed by atoms with Crippen molar-refractivity contribution in [1.82, 2.24) is 14.9 Å². The first-order valence-corrected chi connectivity index (χ1v) is 14.0. The van der Waals surface area contributed by atoms with Gasteiger partial charge in [0.25, 0.3) is 0 Å². The molecule has 10 nitrogen and oxygen atoms in total. The molecule has 45 heavy (non-hydrogen) atoms. The van der Waals surface area contributed by atoms with Crippen molar-refractivity contribution in [2.75, 3.05) is 43.6 Å². The zero-order valence-electron chi connectivity index (χ0n) is 25.2. The number of aldehydes is 2. The van der Waals surface area contributed by atoms with E-state index in [2.05, 4.69) is 44.4 Å². The fraction of sp³-hybridized carbons (Fsp3) is 0.323. The van der Waals surface area contributed by atoms with Gasteiger partial charge in [-0.05, 0) is 69.6 Å². The molecule has 2 unspecified atom stereocenters. The minimum absolute atomic E-state index is 0.0447. The quantitative estimate of drug-likeness (QED) is 0.146. The number of nitrogens with two attached hydrogens (primary N) is 1. The van der Waals surface area contributed by atoms with Crippen LogP contribution in [0.5, 0.6) is 0 Å². The number of nitrogen functional groups attached to an aromatic ring is 1. The maximum atomic E-state index is 12.2. The molecule has 6 N–H and O–H groups in total. The molecule has 0 saturated carbocycles. The summed E-state index contributed by atoms with van der Waals surface area (Å²) in [6.07, 6.45) is -2.06. The molecule has 1 saturated heterocycles. The minimum Gasteiger partial charge on any atom is -0.388 e. The summed E-state index contributed by atoms with van der Waals surface area (Å²) in [5, 5.41) is 22.5. The van der Waals surface area contributed by atoms with Gasteiger partial charge in [-0.3, -0.25) is 10.2 Å². The van der Waals surface area contributed by atoms with E-state index in [1.165, 1.54) is 19.3 Å². The van der Waals surface area contributed by atoms with Crippen LogP contribution in [0.15, 0.2) is 42.7 Å². The summed E-state index contributed by atoms with van der Waals surface area (Å²) in [7, 11) is 3.95. The van der Waals surface area contributed by atoms with E-state index in [0.717, 1.165) is 48.5 Å². The molecular formula is C31H35ClF3N7O3. The molecule has 2 atom stereocenters. The lowest BCUT2D eigenvalue weighted by molar-refractivity contribution is -0.137. The van der Waals surface area contributed by atoms with Crippen molar-refractivity contribution in [3.8, 4) is 11.8 Å². The van der Waals surface area contributed by atoms with Gasteiger partial charge in [0.05, 0.1) is 16.1 Å². The van der Waals surface area contributed by atoms with E-state index >= 15 is 0 Å². The number of aryl methyl sites for hydroxylation is 1. The Balaban J connectivity index is 0.000000325. The van der Waals surface area contributed by atoms with Crippen LogP contribution < -0.4 is 16.4 Å². The van der Waals surface area contributed by atoms with Crippen molar-refractivity contribution in [2.24, 2.45) is 0 Å². The number of likely N-dealkylation sites (N-methyl/N-ethyl adjacent to an activating group) is 1. The Morgan fingerprint density at radius 3 is 2.49 bits per heavy atom. The monoisotopic (exact) mass is 645 g/mol. The number of nitrogens with one attached hydrogen (secondary N) is 3. The Morgan fingerprint density at radius 2 is 1.93 bits per heavy atom. The second-order valence-electron chi connectivity index (χ2n) is 10.0. The highest BCUT2D eigenvalue weighted by Crippen LogP contribution is 2.34. The largest absolute Gasteiger partial charge is 0.417 e. The molecule has 2 aromatic carbocycles. The van der Waals surface area contributed by atoms with E-state index in [4.69, 9.17) is 27.9 Å². The van der Waals surface area contributed by atoms with Crippen LogP contribution >= 0.6 is 11.6 Å². The van der Waals surface area contributed by atoms with Crippen LogP contribution in [0.1, 0.15) is 46.0 Å². The third-order valence-electron chi connectivity index (χ3n) is 6.34. The van der Waals surface area contributed by atoms with Crippen LogP contribution in [0.2, 0.25) is 5.02 Å². The normalized spacial score (nSPS) is 14.7. The predicted octanol–water partition coefficient (Wildman–Crippen LogP) is 4.68. The van der Waals surface area contributed by atoms with Crippen molar-refractivity contribution >= 4 is 47.2 Å². The summed E-state index contributed by atoms with van der Waals surface area (Å²) in [6, 6.07) is 9.24. The summed E-state index contributed by atoms with van der Waals surface area (Å²) in [5.74, 6) is 6.83. The maximum absolute atomic E-state index is 12.2. The second-order valence-corrected chi connectivity index (χ2v) is 10.4. The molecule has 0 aliphatic carbocycles. The van der Waals surface area contributed by atoms with Gasteiger partial charge >= 0.3 is 6.18 Å². The average molecular weight is 646 g/mol. The molecule has 4 rings (SSSR count). The number of benzene rings is 2. The summed E-state index contributed by atoms with van der Waals surface area (Å²) < 4.78 is 36.5. The van der Waals surface area contributed by atoms with Gasteiger partial charge in [-0.25, -0.2) is 9.97 Å². The number of likely N-dealkylation sites (tertiary alicyclic amines) is 1. The van der Waals surface area contributed by atoms with Gasteiger partial charge in [0, 0.05) is 36.4 Å². The standard InChI is InChI=1S/C20H25N7.C8H4ClF3O.C3H6O2/c1-13-4-6-15(23-2)10-14(13)5-7-17(21)18-19(22)24-12-25-20(18)26-16-8-9-27(3)11-16;9-7-2-1-5(4-13)3-6(7)8(10,11)12;1-3(5)2-4/h4,6,10,12,16,21,23H,8-9,11H2,1-3H3,(H3,22,24,25,26);1-4H;2-3,5H,1H3. The number of halogens is 4. The van der Waals surface area contributed by atoms with Gasteiger partial charge < -0.3 is 31.2 Å². The molecule has 1 aliphatic heterocycles. The first-order valence-electron chi connectivity index (χ1n) is 13.6. The SMILES string of the molecule is CC(O)C=O.CNc1ccc(C)c(C#CC(=N)c2c(N)ncnc2NC2CCN(C)C2)c1.O=Cc1ccc(Cl)c(C(F)(F)F)c1. The van der Waals surface area contributed by atoms with E-state index in [0.29, 0.717) is 24.0 Å². The molecule has 0 amide bonds. The van der Waals surface area contributed by atoms with Crippen LogP contribution in [0, 0.1) is 24.2 Å². The van der Waals surface area contributed by atoms with Crippen LogP contribution in [0.25, 0.3) is 0 Å². The smallest absolute Gasteiger partial charge is 0.388 e. The number of rotatable bonds is 6. The zero-order chi connectivity index (χ0) is 33.7. The summed E-state index contributed by atoms with van der Waals surface area (Å²) in [5.41, 5.74) is 8.49. The Morgan fingerprint density at radius 1 is 1.24 bits per heavy atom. The Bertz CT molecular complexity index is 1560. The molecule has 0 radical (unpaired) electrons. The topological polar surface area (TPSA) is 157 Å². The minimum atomic E-state index is -4.52. The molecule has 240 valence electrons. The lowest BCUT2D eigenvalue weighted by atomic mass is 10.1. The van der Waals surface area contributed by atoms with Gasteiger partial charge in [-0.2, -0.15) is 13.2 Å². The highest BCUT2D eigenvalue weighted by atomic mass is 35.5. The molecule has 3 aromatic rings. The van der Waals surface area contributed by atoms with Crippen LogP contribution in [-0.2, 0) is 11.0 Å². The van der Waals surface area contributed by atoms with Gasteiger partial charge in [0.15, 0.2) is 0 Å². The molecule has 1 fully saturated rings. The van der Waals surface area contributed by atoms with Crippen molar-refractivity contribution in [1.29, 1.82) is 5.41 Å². The van der Waals surface area contributed by atoms with Crippen molar-refractivity contribution in [3.05, 3.63) is 75.6 Å². The summed E-state index contributed by atoms with van der Waals surface area (Å²) >= 11 is 5.30. The summed E-state index contributed by atoms with van der Waals surface area (Å²) in [4.78, 5) is 30.1. The number of aromatic nitrogens is 2. The number of alkyl halides is 3. The van der Waals surface area contributed by atoms with Crippen LogP contribution in [0.4, 0.5) is 30.5 Å². The number of anilines is 3. The number of carbonyl (C=O) groups excluding carboxylic acids is 2. The summed E-state index contributed by atoms with van der Waals surface area (Å²) in [6.45, 7) is 5.37. The Hall–Kier alpha value is -4.51. The van der Waals surface area contributed by atoms with Crippen LogP contribution in [-0.4, -0.2) is 77.6 Å². The van der Waals surface area contributed by atoms with Gasteiger partial charge in [-0.15, -0.1) is 0 Å². The molecular weight excluding hydrogens is 611 g/mol. The van der Waals surface area contributed by atoms with Gasteiger partial charge in [0.2, 0.25) is 0 Å². The molecule has 14 heteroatoms. The number of nitrogens with zero attached hydrogens (tertiary/aromatic N) is 3. The molecule has 0 spiro atoms. The first kappa shape index (κ1) is 36.7. The van der Waals surface area contributed by atoms with E-state index in [-0.39, 0.29) is 23.1 Å². The highest BCUT2D eigenvalue weighted by molar-refractivity contribution is 6.31. The van der Waals surface area contributed by atoms with Crippen molar-refractivity contribution in [2.45, 2.75) is 38.6 Å². The molecule has 2 heterocycles. The van der Waals surface area contributed by atoms with Gasteiger partial charge in [-0.1, -0.05) is 29.7 Å². The number of hydrogen-bond donors (Lipinski definition) is 5. The molecule has 1 aliphatic rings. The van der Waals surface area contributed by atoms with Gasteiger partial charge in [0.1, 0.15) is 42.4 Å². The Labute approximate surface area is 264 Å². The number of carbonyl (C=O) groups is 2. The third kappa shape index (κ3) is 11.5. The van der Waals surface area contributed by atoms with Crippen LogP contribution in [0.3, 0.4) is 0 Å². The maximum Gasteiger partial charge on any atom is 0.417 e.